The van der Waals surface area contributed by atoms with Gasteiger partial charge in [-0.05, 0) is 111 Å². The van der Waals surface area contributed by atoms with Crippen molar-refractivity contribution >= 4 is 23.2 Å². The number of nitrogens with zero attached hydrogens (tertiary/aromatic N) is 4. The maximum atomic E-state index is 14.5. The molecule has 3 aromatic rings. The predicted molar refractivity (Wildman–Crippen MR) is 173 cm³/mol. The van der Waals surface area contributed by atoms with E-state index >= 15 is 0 Å². The summed E-state index contributed by atoms with van der Waals surface area (Å²) < 4.78 is 15.4. The van der Waals surface area contributed by atoms with E-state index in [1.54, 1.807) is 18.5 Å². The Hall–Kier alpha value is -2.97. The zero-order valence-corrected chi connectivity index (χ0v) is 26.4. The topological polar surface area (TPSA) is 89.1 Å². The second-order valence-electron chi connectivity index (χ2n) is 13.7. The van der Waals surface area contributed by atoms with Crippen molar-refractivity contribution in [2.24, 2.45) is 23.0 Å². The molecule has 1 aliphatic heterocycles. The molecule has 2 aromatic carbocycles. The Labute approximate surface area is 265 Å². The second kappa shape index (κ2) is 13.6. The molecule has 0 spiro atoms. The van der Waals surface area contributed by atoms with Crippen LogP contribution >= 0.6 is 11.6 Å². The molecule has 0 radical (unpaired) electrons. The van der Waals surface area contributed by atoms with Gasteiger partial charge in [0, 0.05) is 41.9 Å². The number of piperidine rings is 1. The molecule has 1 amide bonds. The number of rotatable bonds is 9. The summed E-state index contributed by atoms with van der Waals surface area (Å²) in [5, 5.41) is 8.71. The van der Waals surface area contributed by atoms with Crippen LogP contribution in [0.4, 0.5) is 10.1 Å². The largest absolute Gasteiger partial charge is 0.382 e. The third-order valence-electron chi connectivity index (χ3n) is 11.0. The van der Waals surface area contributed by atoms with E-state index in [1.165, 1.54) is 44.2 Å². The van der Waals surface area contributed by atoms with Crippen molar-refractivity contribution < 1.29 is 9.18 Å². The highest BCUT2D eigenvalue weighted by Crippen LogP contribution is 2.47. The molecule has 3 aliphatic rings. The molecular weight excluding hydrogens is 575 g/mol. The van der Waals surface area contributed by atoms with E-state index in [0.29, 0.717) is 17.4 Å². The molecule has 0 bridgehead atoms. The molecule has 0 unspecified atom stereocenters. The number of likely N-dealkylation sites (tertiary alicyclic amines) is 1. The number of nitrogens with two attached hydrogens (primary N) is 1. The van der Waals surface area contributed by atoms with Gasteiger partial charge < -0.3 is 16.0 Å². The first-order valence-corrected chi connectivity index (χ1v) is 16.9. The predicted octanol–water partition coefficient (Wildman–Crippen LogP) is 6.87. The molecule has 2 aliphatic carbocycles. The van der Waals surface area contributed by atoms with Gasteiger partial charge in [0.1, 0.15) is 18.5 Å². The SMILES string of the molecule is NC1([C@@H](Cc2ccc(Cl)cc2)C(=O)N2CCC(Cn3cncn3)(C3CCCCC3)CC2)CCC(Nc2ccc(F)cc2)CC1. The lowest BCUT2D eigenvalue weighted by Crippen LogP contribution is -2.59. The van der Waals surface area contributed by atoms with Gasteiger partial charge in [-0.2, -0.15) is 5.10 Å². The number of halogens is 2. The van der Waals surface area contributed by atoms with E-state index in [2.05, 4.69) is 20.3 Å². The smallest absolute Gasteiger partial charge is 0.227 e. The van der Waals surface area contributed by atoms with Crippen molar-refractivity contribution in [3.05, 3.63) is 77.6 Å². The number of hydrogen-bond acceptors (Lipinski definition) is 5. The van der Waals surface area contributed by atoms with Crippen molar-refractivity contribution in [3.8, 4) is 0 Å². The van der Waals surface area contributed by atoms with Crippen LogP contribution in [0.15, 0.2) is 61.2 Å². The monoisotopic (exact) mass is 620 g/mol. The molecule has 236 valence electrons. The lowest BCUT2D eigenvalue weighted by Gasteiger charge is -2.50. The first-order chi connectivity index (χ1) is 21.3. The Balaban J connectivity index is 1.17. The van der Waals surface area contributed by atoms with E-state index in [0.717, 1.165) is 69.4 Å². The average molecular weight is 621 g/mol. The second-order valence-corrected chi connectivity index (χ2v) is 14.1. The number of carbonyl (C=O) groups is 1. The number of amides is 1. The molecule has 2 saturated carbocycles. The number of anilines is 1. The van der Waals surface area contributed by atoms with Crippen molar-refractivity contribution in [1.82, 2.24) is 19.7 Å². The molecule has 3 N–H and O–H groups in total. The average Bonchev–Trinajstić information content (AvgIpc) is 3.56. The summed E-state index contributed by atoms with van der Waals surface area (Å²) in [4.78, 5) is 20.8. The molecule has 1 aromatic heterocycles. The zero-order valence-electron chi connectivity index (χ0n) is 25.6. The summed E-state index contributed by atoms with van der Waals surface area (Å²) in [7, 11) is 0. The zero-order chi connectivity index (χ0) is 30.6. The van der Waals surface area contributed by atoms with Crippen LogP contribution < -0.4 is 11.1 Å². The summed E-state index contributed by atoms with van der Waals surface area (Å²) in [6.07, 6.45) is 15.7. The lowest BCUT2D eigenvalue weighted by atomic mass is 9.63. The molecule has 2 heterocycles. The minimum Gasteiger partial charge on any atom is -0.382 e. The summed E-state index contributed by atoms with van der Waals surface area (Å²) >= 11 is 6.20. The Morgan fingerprint density at radius 3 is 2.30 bits per heavy atom. The maximum absolute atomic E-state index is 14.5. The molecule has 44 heavy (non-hydrogen) atoms. The fourth-order valence-corrected chi connectivity index (χ4v) is 8.39. The molecule has 1 atom stereocenters. The fourth-order valence-electron chi connectivity index (χ4n) is 8.26. The maximum Gasteiger partial charge on any atom is 0.227 e. The van der Waals surface area contributed by atoms with Gasteiger partial charge in [-0.3, -0.25) is 9.48 Å². The lowest BCUT2D eigenvalue weighted by molar-refractivity contribution is -0.142. The minimum absolute atomic E-state index is 0.140. The highest BCUT2D eigenvalue weighted by Gasteiger charge is 2.47. The Morgan fingerprint density at radius 1 is 0.977 bits per heavy atom. The fraction of sp³-hybridized carbons (Fsp3) is 0.571. The summed E-state index contributed by atoms with van der Waals surface area (Å²) in [5.41, 5.74) is 8.79. The molecule has 3 fully saturated rings. The van der Waals surface area contributed by atoms with Crippen LogP contribution in [0.5, 0.6) is 0 Å². The molecule has 1 saturated heterocycles. The van der Waals surface area contributed by atoms with Gasteiger partial charge >= 0.3 is 0 Å². The third-order valence-corrected chi connectivity index (χ3v) is 11.2. The van der Waals surface area contributed by atoms with E-state index < -0.39 is 5.54 Å². The minimum atomic E-state index is -0.601. The Kier molecular flexibility index (Phi) is 9.57. The summed E-state index contributed by atoms with van der Waals surface area (Å²) in [5.74, 6) is 0.293. The van der Waals surface area contributed by atoms with Crippen LogP contribution in [0.25, 0.3) is 0 Å². The van der Waals surface area contributed by atoms with Crippen LogP contribution in [-0.4, -0.2) is 50.2 Å². The van der Waals surface area contributed by atoms with E-state index in [4.69, 9.17) is 17.3 Å². The summed E-state index contributed by atoms with van der Waals surface area (Å²) in [6.45, 7) is 2.38. The third kappa shape index (κ3) is 7.12. The first kappa shape index (κ1) is 31.0. The van der Waals surface area contributed by atoms with Gasteiger partial charge in [0.2, 0.25) is 5.91 Å². The number of nitrogens with one attached hydrogen (secondary N) is 1. The van der Waals surface area contributed by atoms with Gasteiger partial charge in [0.05, 0.1) is 5.92 Å². The molecule has 9 heteroatoms. The van der Waals surface area contributed by atoms with Crippen LogP contribution in [-0.2, 0) is 17.8 Å². The number of hydrogen-bond donors (Lipinski definition) is 2. The van der Waals surface area contributed by atoms with Gasteiger partial charge in [0.15, 0.2) is 0 Å². The van der Waals surface area contributed by atoms with E-state index in [1.807, 2.05) is 35.3 Å². The summed E-state index contributed by atoms with van der Waals surface area (Å²) in [6, 6.07) is 14.6. The molecular formula is C35H46ClFN6O. The van der Waals surface area contributed by atoms with Crippen molar-refractivity contribution in [1.29, 1.82) is 0 Å². The van der Waals surface area contributed by atoms with Gasteiger partial charge in [-0.1, -0.05) is 43.0 Å². The number of benzene rings is 2. The van der Waals surface area contributed by atoms with Crippen LogP contribution in [0.1, 0.15) is 76.2 Å². The van der Waals surface area contributed by atoms with E-state index in [-0.39, 0.29) is 29.1 Å². The van der Waals surface area contributed by atoms with Crippen LogP contribution in [0.2, 0.25) is 5.02 Å². The van der Waals surface area contributed by atoms with Crippen LogP contribution in [0.3, 0.4) is 0 Å². The van der Waals surface area contributed by atoms with Crippen molar-refractivity contribution in [2.45, 2.75) is 95.2 Å². The molecule has 6 rings (SSSR count). The highest BCUT2D eigenvalue weighted by atomic mass is 35.5. The van der Waals surface area contributed by atoms with Crippen molar-refractivity contribution in [2.75, 3.05) is 18.4 Å². The van der Waals surface area contributed by atoms with Crippen LogP contribution in [0, 0.1) is 23.1 Å². The Bertz CT molecular complexity index is 1340. The Morgan fingerprint density at radius 2 is 1.66 bits per heavy atom. The van der Waals surface area contributed by atoms with Crippen molar-refractivity contribution in [3.63, 3.8) is 0 Å². The number of carbonyl (C=O) groups excluding carboxylic acids is 1. The number of aromatic nitrogens is 3. The highest BCUT2D eigenvalue weighted by molar-refractivity contribution is 6.30. The van der Waals surface area contributed by atoms with Gasteiger partial charge in [-0.15, -0.1) is 0 Å². The first-order valence-electron chi connectivity index (χ1n) is 16.5. The van der Waals surface area contributed by atoms with Gasteiger partial charge in [0.25, 0.3) is 0 Å². The van der Waals surface area contributed by atoms with E-state index in [9.17, 15) is 9.18 Å². The standard InChI is InChI=1S/C35H46ClFN6O/c36-28-8-6-26(7-9-28)22-32(35(38)16-14-31(15-17-35)41-30-12-10-29(37)11-13-30)33(44)42-20-18-34(19-21-42,23-43-25-39-24-40-43)27-4-2-1-3-5-27/h6-13,24-25,27,31-32,41H,1-5,14-23,38H2/t31?,32-,35?/m0/s1. The normalized spacial score (nSPS) is 25.0. The van der Waals surface area contributed by atoms with Gasteiger partial charge in [-0.25, -0.2) is 9.37 Å². The molecule has 7 nitrogen and oxygen atoms in total. The quantitative estimate of drug-likeness (QED) is 0.272.